The van der Waals surface area contributed by atoms with Crippen LogP contribution in [0.25, 0.3) is 61.7 Å². The van der Waals surface area contributed by atoms with Crippen molar-refractivity contribution in [2.45, 2.75) is 0 Å². The summed E-state index contributed by atoms with van der Waals surface area (Å²) in [5.41, 5.74) is 6.43. The Morgan fingerprint density at radius 1 is 0.459 bits per heavy atom. The van der Waals surface area contributed by atoms with E-state index < -0.39 is 0 Å². The molecule has 0 amide bonds. The second-order valence-corrected chi connectivity index (χ2v) is 9.02. The highest BCUT2D eigenvalue weighted by molar-refractivity contribution is 6.09. The highest BCUT2D eigenvalue weighted by Gasteiger charge is 2.20. The Kier molecular flexibility index (Phi) is 5.07. The maximum Gasteiger partial charge on any atom is 0.308 e. The van der Waals surface area contributed by atoms with Crippen molar-refractivity contribution in [2.75, 3.05) is 0 Å². The fourth-order valence-corrected chi connectivity index (χ4v) is 4.98. The van der Waals surface area contributed by atoms with Gasteiger partial charge in [0.25, 0.3) is 11.6 Å². The van der Waals surface area contributed by atoms with E-state index in [2.05, 4.69) is 107 Å². The van der Waals surface area contributed by atoms with Crippen LogP contribution >= 0.6 is 0 Å². The van der Waals surface area contributed by atoms with Gasteiger partial charge in [-0.1, -0.05) is 88.8 Å². The number of aromatic amines is 1. The van der Waals surface area contributed by atoms with Crippen LogP contribution in [0.3, 0.4) is 0 Å². The van der Waals surface area contributed by atoms with Crippen LogP contribution in [-0.4, -0.2) is 14.5 Å². The highest BCUT2D eigenvalue weighted by Crippen LogP contribution is 2.33. The third-order valence-corrected chi connectivity index (χ3v) is 6.71. The van der Waals surface area contributed by atoms with Gasteiger partial charge >= 0.3 is 5.82 Å². The topological polar surface area (TPSA) is 44.9 Å². The van der Waals surface area contributed by atoms with Crippen LogP contribution in [0.5, 0.6) is 0 Å². The molecule has 0 unspecified atom stereocenters. The first kappa shape index (κ1) is 21.2. The maximum atomic E-state index is 4.97. The number of aromatic nitrogens is 4. The Morgan fingerprint density at radius 3 is 1.51 bits per heavy atom. The summed E-state index contributed by atoms with van der Waals surface area (Å²) in [6, 6.07) is 46.0. The van der Waals surface area contributed by atoms with E-state index in [1.165, 1.54) is 21.8 Å². The number of nitrogens with one attached hydrogen (secondary N) is 1. The van der Waals surface area contributed by atoms with Crippen molar-refractivity contribution in [1.29, 1.82) is 0 Å². The van der Waals surface area contributed by atoms with Gasteiger partial charge in [-0.05, 0) is 54.6 Å². The van der Waals surface area contributed by atoms with E-state index in [0.717, 1.165) is 34.0 Å². The molecule has 37 heavy (non-hydrogen) atoms. The first-order valence-corrected chi connectivity index (χ1v) is 12.4. The molecular weight excluding hydrogens is 452 g/mol. The minimum absolute atomic E-state index is 0.680. The zero-order valence-corrected chi connectivity index (χ0v) is 20.0. The molecule has 2 aromatic heterocycles. The zero-order valence-electron chi connectivity index (χ0n) is 20.0. The third kappa shape index (κ3) is 3.76. The number of rotatable bonds is 4. The van der Waals surface area contributed by atoms with Crippen molar-refractivity contribution < 1.29 is 4.98 Å². The van der Waals surface area contributed by atoms with Crippen LogP contribution in [0, 0.1) is 0 Å². The van der Waals surface area contributed by atoms with E-state index in [9.17, 15) is 0 Å². The van der Waals surface area contributed by atoms with Crippen LogP contribution in [-0.2, 0) is 0 Å². The lowest BCUT2D eigenvalue weighted by Crippen LogP contribution is -2.17. The van der Waals surface area contributed by atoms with Gasteiger partial charge in [-0.15, -0.1) is 0 Å². The molecule has 0 saturated carbocycles. The Labute approximate surface area is 214 Å². The lowest BCUT2D eigenvalue weighted by atomic mass is 10.1. The molecule has 0 aliphatic heterocycles. The first-order valence-electron chi connectivity index (χ1n) is 12.4. The number of H-pyrrole nitrogens is 1. The van der Waals surface area contributed by atoms with Crippen molar-refractivity contribution >= 4 is 21.8 Å². The van der Waals surface area contributed by atoms with Crippen molar-refractivity contribution in [1.82, 2.24) is 14.5 Å². The fourth-order valence-electron chi connectivity index (χ4n) is 4.98. The molecule has 0 radical (unpaired) electrons. The molecule has 4 heteroatoms. The third-order valence-electron chi connectivity index (χ3n) is 6.71. The predicted octanol–water partition coefficient (Wildman–Crippen LogP) is 7.39. The molecule has 7 aromatic rings. The summed E-state index contributed by atoms with van der Waals surface area (Å²) in [5.74, 6) is 2.25. The number of hydrogen-bond donors (Lipinski definition) is 0. The van der Waals surface area contributed by atoms with Crippen LogP contribution < -0.4 is 4.98 Å². The summed E-state index contributed by atoms with van der Waals surface area (Å²) >= 11 is 0. The van der Waals surface area contributed by atoms with Gasteiger partial charge in [0.05, 0.1) is 27.7 Å². The van der Waals surface area contributed by atoms with E-state index >= 15 is 0 Å². The van der Waals surface area contributed by atoms with Crippen LogP contribution in [0.15, 0.2) is 133 Å². The SMILES string of the molecule is c1ccc(-c2nc(-c3cccc(-n4c5ccccc5c5ccccc54)c3)nc(-c3ccccc3)[nH+]2)cc1. The van der Waals surface area contributed by atoms with Crippen LogP contribution in [0.1, 0.15) is 0 Å². The minimum atomic E-state index is 0.680. The summed E-state index contributed by atoms with van der Waals surface area (Å²) in [7, 11) is 0. The van der Waals surface area contributed by atoms with Crippen LogP contribution in [0.2, 0.25) is 0 Å². The van der Waals surface area contributed by atoms with Crippen molar-refractivity contribution in [3.63, 3.8) is 0 Å². The second kappa shape index (κ2) is 8.85. The molecular formula is C33H23N4+. The Balaban J connectivity index is 1.44. The van der Waals surface area contributed by atoms with Gasteiger partial charge < -0.3 is 4.57 Å². The molecule has 174 valence electrons. The van der Waals surface area contributed by atoms with Gasteiger partial charge in [0.1, 0.15) is 0 Å². The summed E-state index contributed by atoms with van der Waals surface area (Å²) in [5, 5.41) is 2.48. The quantitative estimate of drug-likeness (QED) is 0.266. The number of benzene rings is 5. The Bertz CT molecular complexity index is 1760. The predicted molar refractivity (Wildman–Crippen MR) is 149 cm³/mol. The molecule has 0 bridgehead atoms. The highest BCUT2D eigenvalue weighted by atomic mass is 15.0. The zero-order chi connectivity index (χ0) is 24.6. The number of fused-ring (bicyclic) bond motifs is 3. The lowest BCUT2D eigenvalue weighted by molar-refractivity contribution is -0.359. The average Bonchev–Trinajstić information content (AvgIpc) is 3.32. The van der Waals surface area contributed by atoms with Crippen LogP contribution in [0.4, 0.5) is 0 Å². The monoisotopic (exact) mass is 475 g/mol. The molecule has 2 heterocycles. The lowest BCUT2D eigenvalue weighted by Gasteiger charge is -2.09. The summed E-state index contributed by atoms with van der Waals surface area (Å²) in [4.78, 5) is 13.4. The number of nitrogens with zero attached hydrogens (tertiary/aromatic N) is 3. The molecule has 0 aliphatic carbocycles. The molecule has 0 fully saturated rings. The summed E-state index contributed by atoms with van der Waals surface area (Å²) in [6.45, 7) is 0. The normalized spacial score (nSPS) is 11.2. The minimum Gasteiger partial charge on any atom is -0.309 e. The van der Waals surface area contributed by atoms with E-state index in [0.29, 0.717) is 5.82 Å². The van der Waals surface area contributed by atoms with Gasteiger partial charge in [0.2, 0.25) is 0 Å². The smallest absolute Gasteiger partial charge is 0.308 e. The largest absolute Gasteiger partial charge is 0.309 e. The molecule has 7 rings (SSSR count). The van der Waals surface area contributed by atoms with Crippen molar-refractivity contribution in [3.05, 3.63) is 133 Å². The second-order valence-electron chi connectivity index (χ2n) is 9.02. The molecule has 5 aromatic carbocycles. The molecule has 0 spiro atoms. The summed E-state index contributed by atoms with van der Waals surface area (Å²) in [6.07, 6.45) is 0. The Hall–Kier alpha value is -5.09. The van der Waals surface area contributed by atoms with E-state index in [1.807, 2.05) is 36.4 Å². The summed E-state index contributed by atoms with van der Waals surface area (Å²) < 4.78 is 2.32. The molecule has 1 N–H and O–H groups in total. The Morgan fingerprint density at radius 2 is 0.946 bits per heavy atom. The molecule has 0 atom stereocenters. The van der Waals surface area contributed by atoms with Gasteiger partial charge in [-0.25, -0.2) is 4.98 Å². The molecule has 4 nitrogen and oxygen atoms in total. The van der Waals surface area contributed by atoms with Gasteiger partial charge in [0.15, 0.2) is 0 Å². The van der Waals surface area contributed by atoms with Crippen molar-refractivity contribution in [3.8, 4) is 39.9 Å². The van der Waals surface area contributed by atoms with Gasteiger partial charge in [-0.3, -0.25) is 0 Å². The van der Waals surface area contributed by atoms with Gasteiger partial charge in [0, 0.05) is 16.5 Å². The fraction of sp³-hybridized carbons (Fsp3) is 0. The number of hydrogen-bond acceptors (Lipinski definition) is 2. The van der Waals surface area contributed by atoms with Gasteiger partial charge in [-0.2, -0.15) is 0 Å². The van der Waals surface area contributed by atoms with Crippen molar-refractivity contribution in [2.24, 2.45) is 0 Å². The van der Waals surface area contributed by atoms with E-state index in [1.54, 1.807) is 0 Å². The molecule has 0 saturated heterocycles. The van der Waals surface area contributed by atoms with E-state index in [-0.39, 0.29) is 0 Å². The molecule has 0 aliphatic rings. The number of para-hydroxylation sites is 2. The average molecular weight is 476 g/mol. The first-order chi connectivity index (χ1) is 18.3. The van der Waals surface area contributed by atoms with E-state index in [4.69, 9.17) is 9.97 Å². The maximum absolute atomic E-state index is 4.97. The standard InChI is InChI=1S/C33H22N4/c1-3-12-23(13-4-1)31-34-32(24-14-5-2-6-15-24)36-33(35-31)25-16-11-17-26(22-25)37-29-20-9-7-18-27(29)28-19-8-10-21-30(28)37/h1-22H/p+1.